The Labute approximate surface area is 121 Å². The molecule has 2 heterocycles. The minimum Gasteiger partial charge on any atom is -0.370 e. The Hall–Kier alpha value is -1.52. The van der Waals surface area contributed by atoms with Crippen LogP contribution in [0.1, 0.15) is 28.9 Å². The van der Waals surface area contributed by atoms with E-state index in [2.05, 4.69) is 27.8 Å². The molecular formula is C14H14ClN3S. The highest BCUT2D eigenvalue weighted by Crippen LogP contribution is 2.34. The van der Waals surface area contributed by atoms with Gasteiger partial charge in [0, 0.05) is 9.90 Å². The van der Waals surface area contributed by atoms with Gasteiger partial charge in [-0.2, -0.15) is 0 Å². The summed E-state index contributed by atoms with van der Waals surface area (Å²) < 4.78 is 0. The number of nitrogens with zero attached hydrogens (tertiary/aromatic N) is 1. The first-order valence-electron chi connectivity index (χ1n) is 6.11. The van der Waals surface area contributed by atoms with Crippen molar-refractivity contribution in [3.63, 3.8) is 0 Å². The number of guanidine groups is 1. The van der Waals surface area contributed by atoms with E-state index in [0.717, 1.165) is 17.0 Å². The number of rotatable bonds is 2. The van der Waals surface area contributed by atoms with Gasteiger partial charge in [0.25, 0.3) is 0 Å². The molecule has 2 aromatic rings. The van der Waals surface area contributed by atoms with Crippen LogP contribution >= 0.6 is 22.9 Å². The van der Waals surface area contributed by atoms with E-state index in [0.29, 0.717) is 5.96 Å². The molecule has 98 valence electrons. The molecule has 1 aliphatic heterocycles. The minimum atomic E-state index is 0.0621. The van der Waals surface area contributed by atoms with Crippen molar-refractivity contribution >= 4 is 28.9 Å². The Morgan fingerprint density at radius 2 is 2.21 bits per heavy atom. The third-order valence-corrected chi connectivity index (χ3v) is 4.42. The molecular weight excluding hydrogens is 278 g/mol. The monoisotopic (exact) mass is 291 g/mol. The number of benzene rings is 1. The maximum atomic E-state index is 6.04. The van der Waals surface area contributed by atoms with Crippen LogP contribution in [0.25, 0.3) is 0 Å². The zero-order valence-electron chi connectivity index (χ0n) is 10.2. The largest absolute Gasteiger partial charge is 0.370 e. The van der Waals surface area contributed by atoms with Gasteiger partial charge in [-0.3, -0.25) is 0 Å². The van der Waals surface area contributed by atoms with Crippen molar-refractivity contribution in [3.05, 3.63) is 57.2 Å². The van der Waals surface area contributed by atoms with E-state index in [1.807, 2.05) is 24.3 Å². The van der Waals surface area contributed by atoms with Crippen molar-refractivity contribution in [1.82, 2.24) is 5.32 Å². The molecule has 1 aromatic heterocycles. The normalized spacial score (nSPS) is 22.7. The molecule has 5 heteroatoms. The third-order valence-electron chi connectivity index (χ3n) is 3.20. The molecule has 19 heavy (non-hydrogen) atoms. The van der Waals surface area contributed by atoms with Crippen LogP contribution in [0.2, 0.25) is 5.02 Å². The summed E-state index contributed by atoms with van der Waals surface area (Å²) in [5, 5.41) is 6.05. The maximum Gasteiger partial charge on any atom is 0.189 e. The van der Waals surface area contributed by atoms with Gasteiger partial charge in [-0.05, 0) is 35.6 Å². The van der Waals surface area contributed by atoms with E-state index in [4.69, 9.17) is 17.3 Å². The predicted molar refractivity (Wildman–Crippen MR) is 80.6 cm³/mol. The SMILES string of the molecule is NC1=NC(c2cccc(Cl)c2)CC(c2cccs2)N1. The predicted octanol–water partition coefficient (Wildman–Crippen LogP) is 3.49. The fourth-order valence-electron chi connectivity index (χ4n) is 2.32. The number of hydrogen-bond acceptors (Lipinski definition) is 4. The van der Waals surface area contributed by atoms with Crippen molar-refractivity contribution in [1.29, 1.82) is 0 Å². The van der Waals surface area contributed by atoms with E-state index in [1.54, 1.807) is 11.3 Å². The Kier molecular flexibility index (Phi) is 3.44. The second-order valence-electron chi connectivity index (χ2n) is 4.53. The van der Waals surface area contributed by atoms with Gasteiger partial charge in [0.05, 0.1) is 12.1 Å². The number of thiophene rings is 1. The van der Waals surface area contributed by atoms with Crippen LogP contribution in [0.15, 0.2) is 46.8 Å². The van der Waals surface area contributed by atoms with Crippen LogP contribution in [-0.2, 0) is 0 Å². The van der Waals surface area contributed by atoms with Gasteiger partial charge in [-0.1, -0.05) is 29.8 Å². The summed E-state index contributed by atoms with van der Waals surface area (Å²) in [7, 11) is 0. The average molecular weight is 292 g/mol. The molecule has 0 radical (unpaired) electrons. The lowest BCUT2D eigenvalue weighted by molar-refractivity contribution is 0.493. The molecule has 1 aliphatic rings. The lowest BCUT2D eigenvalue weighted by Gasteiger charge is -2.27. The molecule has 3 nitrogen and oxygen atoms in total. The first-order valence-corrected chi connectivity index (χ1v) is 7.37. The van der Waals surface area contributed by atoms with E-state index in [9.17, 15) is 0 Å². The Morgan fingerprint density at radius 1 is 1.32 bits per heavy atom. The lowest BCUT2D eigenvalue weighted by atomic mass is 9.97. The van der Waals surface area contributed by atoms with Crippen LogP contribution in [0, 0.1) is 0 Å². The molecule has 3 N–H and O–H groups in total. The quantitative estimate of drug-likeness (QED) is 0.890. The highest BCUT2D eigenvalue weighted by molar-refractivity contribution is 7.10. The van der Waals surface area contributed by atoms with Crippen LogP contribution < -0.4 is 11.1 Å². The maximum absolute atomic E-state index is 6.04. The van der Waals surface area contributed by atoms with Gasteiger partial charge in [-0.25, -0.2) is 4.99 Å². The van der Waals surface area contributed by atoms with Gasteiger partial charge in [0.15, 0.2) is 5.96 Å². The zero-order chi connectivity index (χ0) is 13.2. The number of halogens is 1. The molecule has 1 aromatic carbocycles. The van der Waals surface area contributed by atoms with Crippen LogP contribution in [0.5, 0.6) is 0 Å². The third kappa shape index (κ3) is 2.74. The van der Waals surface area contributed by atoms with Crippen molar-refractivity contribution < 1.29 is 0 Å². The van der Waals surface area contributed by atoms with Crippen LogP contribution in [0.4, 0.5) is 0 Å². The number of aliphatic imine (C=N–C) groups is 1. The topological polar surface area (TPSA) is 50.4 Å². The van der Waals surface area contributed by atoms with Gasteiger partial charge >= 0.3 is 0 Å². The van der Waals surface area contributed by atoms with Crippen molar-refractivity contribution in [3.8, 4) is 0 Å². The average Bonchev–Trinajstić information content (AvgIpc) is 2.92. The Balaban J connectivity index is 1.88. The van der Waals surface area contributed by atoms with Crippen molar-refractivity contribution in [2.45, 2.75) is 18.5 Å². The van der Waals surface area contributed by atoms with Gasteiger partial charge in [0.2, 0.25) is 0 Å². The number of nitrogens with one attached hydrogen (secondary N) is 1. The lowest BCUT2D eigenvalue weighted by Crippen LogP contribution is -2.39. The van der Waals surface area contributed by atoms with E-state index in [-0.39, 0.29) is 12.1 Å². The van der Waals surface area contributed by atoms with Crippen molar-refractivity contribution in [2.24, 2.45) is 10.7 Å². The summed E-state index contributed by atoms with van der Waals surface area (Å²) in [6.45, 7) is 0. The number of nitrogens with two attached hydrogens (primary N) is 1. The first kappa shape index (κ1) is 12.5. The Bertz CT molecular complexity index is 594. The number of hydrogen-bond donors (Lipinski definition) is 2. The van der Waals surface area contributed by atoms with E-state index >= 15 is 0 Å². The molecule has 2 atom stereocenters. The summed E-state index contributed by atoms with van der Waals surface area (Å²) in [5.74, 6) is 0.495. The highest BCUT2D eigenvalue weighted by atomic mass is 35.5. The van der Waals surface area contributed by atoms with Gasteiger partial charge < -0.3 is 11.1 Å². The molecule has 0 fully saturated rings. The molecule has 0 spiro atoms. The smallest absolute Gasteiger partial charge is 0.189 e. The standard InChI is InChI=1S/C14H14ClN3S/c15-10-4-1-3-9(7-10)11-8-12(18-14(16)17-11)13-5-2-6-19-13/h1-7,11-12H,8H2,(H3,16,17,18). The second kappa shape index (κ2) is 5.23. The fourth-order valence-corrected chi connectivity index (χ4v) is 3.31. The van der Waals surface area contributed by atoms with Gasteiger partial charge in [0.1, 0.15) is 0 Å². The summed E-state index contributed by atoms with van der Waals surface area (Å²) in [5.41, 5.74) is 7.02. The minimum absolute atomic E-state index is 0.0621. The molecule has 0 saturated heterocycles. The summed E-state index contributed by atoms with van der Waals surface area (Å²) in [4.78, 5) is 5.77. The second-order valence-corrected chi connectivity index (χ2v) is 5.95. The first-order chi connectivity index (χ1) is 9.22. The summed E-state index contributed by atoms with van der Waals surface area (Å²) >= 11 is 7.78. The zero-order valence-corrected chi connectivity index (χ0v) is 11.8. The molecule has 0 aliphatic carbocycles. The van der Waals surface area contributed by atoms with E-state index < -0.39 is 0 Å². The summed E-state index contributed by atoms with van der Waals surface area (Å²) in [6, 6.07) is 12.3. The molecule has 0 amide bonds. The van der Waals surface area contributed by atoms with Crippen LogP contribution in [0.3, 0.4) is 0 Å². The van der Waals surface area contributed by atoms with Crippen molar-refractivity contribution in [2.75, 3.05) is 0 Å². The molecule has 3 rings (SSSR count). The van der Waals surface area contributed by atoms with Gasteiger partial charge in [-0.15, -0.1) is 11.3 Å². The fraction of sp³-hybridized carbons (Fsp3) is 0.214. The molecule has 0 saturated carbocycles. The Morgan fingerprint density at radius 3 is 2.95 bits per heavy atom. The van der Waals surface area contributed by atoms with Crippen LogP contribution in [-0.4, -0.2) is 5.96 Å². The van der Waals surface area contributed by atoms with E-state index in [1.165, 1.54) is 4.88 Å². The highest BCUT2D eigenvalue weighted by Gasteiger charge is 2.25. The molecule has 2 unspecified atom stereocenters. The molecule has 0 bridgehead atoms. The summed E-state index contributed by atoms with van der Waals surface area (Å²) in [6.07, 6.45) is 0.890.